The van der Waals surface area contributed by atoms with Crippen LogP contribution in [0.15, 0.2) is 0 Å². The van der Waals surface area contributed by atoms with Gasteiger partial charge in [0.05, 0.1) is 6.42 Å². The van der Waals surface area contributed by atoms with Crippen LogP contribution in [0.2, 0.25) is 0 Å². The summed E-state index contributed by atoms with van der Waals surface area (Å²) in [7, 11) is 0. The van der Waals surface area contributed by atoms with Crippen molar-refractivity contribution in [3.05, 3.63) is 0 Å². The molecule has 0 aromatic rings. The van der Waals surface area contributed by atoms with Gasteiger partial charge in [0.25, 0.3) is 0 Å². The van der Waals surface area contributed by atoms with E-state index in [-0.39, 0.29) is 24.3 Å². The van der Waals surface area contributed by atoms with Crippen LogP contribution in [0.3, 0.4) is 0 Å². The first-order valence-electron chi connectivity index (χ1n) is 9.48. The second-order valence-electron chi connectivity index (χ2n) is 6.90. The van der Waals surface area contributed by atoms with E-state index < -0.39 is 0 Å². The molecule has 0 spiro atoms. The predicted octanol–water partition coefficient (Wildman–Crippen LogP) is 3.97. The molecule has 1 rings (SSSR count). The third-order valence-corrected chi connectivity index (χ3v) is 4.81. The number of ketones is 1. The summed E-state index contributed by atoms with van der Waals surface area (Å²) in [6.07, 6.45) is 9.11. The number of hydrogen-bond acceptors (Lipinski definition) is 4. The third kappa shape index (κ3) is 8.50. The van der Waals surface area contributed by atoms with Crippen molar-refractivity contribution in [2.45, 2.75) is 84.7 Å². The maximum Gasteiger partial charge on any atom is 0.306 e. The summed E-state index contributed by atoms with van der Waals surface area (Å²) in [5.41, 5.74) is 0. The van der Waals surface area contributed by atoms with Gasteiger partial charge in [0, 0.05) is 25.4 Å². The Morgan fingerprint density at radius 3 is 2.48 bits per heavy atom. The van der Waals surface area contributed by atoms with Crippen molar-refractivity contribution in [2.24, 2.45) is 5.92 Å². The fourth-order valence-electron chi connectivity index (χ4n) is 3.28. The number of piperidine rings is 1. The van der Waals surface area contributed by atoms with Crippen LogP contribution in [-0.2, 0) is 14.3 Å². The van der Waals surface area contributed by atoms with Gasteiger partial charge >= 0.3 is 5.97 Å². The number of Topliss-reactive ketones (excluding diaryl/α,β-unsaturated/α-hetero) is 1. The number of carbonyl (C=O) groups excluding carboxylic acids is 2. The van der Waals surface area contributed by atoms with E-state index in [4.69, 9.17) is 4.74 Å². The Kier molecular flexibility index (Phi) is 10.2. The van der Waals surface area contributed by atoms with Crippen molar-refractivity contribution in [1.29, 1.82) is 0 Å². The van der Waals surface area contributed by atoms with Gasteiger partial charge in [-0.2, -0.15) is 0 Å². The molecule has 1 aliphatic heterocycles. The van der Waals surface area contributed by atoms with Crippen LogP contribution in [0.1, 0.15) is 78.6 Å². The molecular formula is C19H35NO3. The lowest BCUT2D eigenvalue weighted by atomic mass is 9.92. The number of ether oxygens (including phenoxy) is 1. The number of nitrogens with zero attached hydrogens (tertiary/aromatic N) is 1. The second-order valence-corrected chi connectivity index (χ2v) is 6.90. The van der Waals surface area contributed by atoms with E-state index in [9.17, 15) is 9.59 Å². The van der Waals surface area contributed by atoms with Gasteiger partial charge in [-0.05, 0) is 32.7 Å². The Morgan fingerprint density at radius 1 is 1.09 bits per heavy atom. The molecule has 1 aliphatic rings. The molecule has 4 heteroatoms. The van der Waals surface area contributed by atoms with Gasteiger partial charge < -0.3 is 14.4 Å². The van der Waals surface area contributed by atoms with Crippen LogP contribution >= 0.6 is 0 Å². The molecular weight excluding hydrogens is 290 g/mol. The third-order valence-electron chi connectivity index (χ3n) is 4.81. The largest absolute Gasteiger partial charge is 0.462 e. The van der Waals surface area contributed by atoms with Crippen molar-refractivity contribution in [2.75, 3.05) is 19.6 Å². The maximum atomic E-state index is 11.8. The van der Waals surface area contributed by atoms with Gasteiger partial charge in [-0.3, -0.25) is 4.79 Å². The Morgan fingerprint density at radius 2 is 1.83 bits per heavy atom. The minimum absolute atomic E-state index is 0.0378. The van der Waals surface area contributed by atoms with E-state index in [0.717, 1.165) is 25.9 Å². The SMILES string of the molecule is CCCCCCCN1CC[C@@H](OC(=O)CCC(C)=O)[C@H](CC)C1. The van der Waals surface area contributed by atoms with Crippen molar-refractivity contribution >= 4 is 11.8 Å². The summed E-state index contributed by atoms with van der Waals surface area (Å²) in [5, 5.41) is 0. The number of rotatable bonds is 11. The highest BCUT2D eigenvalue weighted by Crippen LogP contribution is 2.24. The molecule has 0 aromatic carbocycles. The molecule has 2 atom stereocenters. The molecule has 0 aromatic heterocycles. The smallest absolute Gasteiger partial charge is 0.306 e. The molecule has 1 fully saturated rings. The first-order valence-corrected chi connectivity index (χ1v) is 9.48. The van der Waals surface area contributed by atoms with E-state index in [1.807, 2.05) is 0 Å². The van der Waals surface area contributed by atoms with Crippen molar-refractivity contribution in [3.8, 4) is 0 Å². The summed E-state index contributed by atoms with van der Waals surface area (Å²) < 4.78 is 5.63. The highest BCUT2D eigenvalue weighted by molar-refractivity contribution is 5.81. The second kappa shape index (κ2) is 11.6. The lowest BCUT2D eigenvalue weighted by Gasteiger charge is -2.37. The Labute approximate surface area is 141 Å². The maximum absolute atomic E-state index is 11.8. The van der Waals surface area contributed by atoms with Crippen molar-refractivity contribution < 1.29 is 14.3 Å². The van der Waals surface area contributed by atoms with Crippen molar-refractivity contribution in [1.82, 2.24) is 4.90 Å². The summed E-state index contributed by atoms with van der Waals surface area (Å²) in [6, 6.07) is 0. The minimum Gasteiger partial charge on any atom is -0.462 e. The fraction of sp³-hybridized carbons (Fsp3) is 0.895. The lowest BCUT2D eigenvalue weighted by Crippen LogP contribution is -2.45. The predicted molar refractivity (Wildman–Crippen MR) is 93.4 cm³/mol. The number of unbranched alkanes of at least 4 members (excludes halogenated alkanes) is 4. The summed E-state index contributed by atoms with van der Waals surface area (Å²) >= 11 is 0. The molecule has 134 valence electrons. The average Bonchev–Trinajstić information content (AvgIpc) is 2.54. The summed E-state index contributed by atoms with van der Waals surface area (Å²) in [4.78, 5) is 25.3. The average molecular weight is 325 g/mol. The zero-order valence-corrected chi connectivity index (χ0v) is 15.3. The standard InChI is InChI=1S/C19H35NO3/c1-4-6-7-8-9-13-20-14-12-18(17(5-2)15-20)23-19(22)11-10-16(3)21/h17-18H,4-15H2,1-3H3/t17-,18-/m1/s1. The molecule has 0 amide bonds. The van der Waals surface area contributed by atoms with Gasteiger partial charge in [0.15, 0.2) is 0 Å². The van der Waals surface area contributed by atoms with Crippen LogP contribution in [0.25, 0.3) is 0 Å². The molecule has 1 heterocycles. The first-order chi connectivity index (χ1) is 11.1. The number of hydrogen-bond donors (Lipinski definition) is 0. The van der Waals surface area contributed by atoms with Crippen LogP contribution in [-0.4, -0.2) is 42.4 Å². The normalized spacial score (nSPS) is 22.0. The molecule has 23 heavy (non-hydrogen) atoms. The molecule has 0 radical (unpaired) electrons. The van der Waals surface area contributed by atoms with Gasteiger partial charge in [-0.1, -0.05) is 39.5 Å². The van der Waals surface area contributed by atoms with Crippen LogP contribution in [0.4, 0.5) is 0 Å². The lowest BCUT2D eigenvalue weighted by molar-refractivity contribution is -0.155. The van der Waals surface area contributed by atoms with E-state index in [1.165, 1.54) is 45.6 Å². The number of esters is 1. The van der Waals surface area contributed by atoms with E-state index in [0.29, 0.717) is 12.3 Å². The minimum atomic E-state index is -0.211. The van der Waals surface area contributed by atoms with Crippen LogP contribution in [0, 0.1) is 5.92 Å². The monoisotopic (exact) mass is 325 g/mol. The van der Waals surface area contributed by atoms with Crippen LogP contribution < -0.4 is 0 Å². The first kappa shape index (κ1) is 20.1. The van der Waals surface area contributed by atoms with Gasteiger partial charge in [-0.15, -0.1) is 0 Å². The highest BCUT2D eigenvalue weighted by Gasteiger charge is 2.30. The quantitative estimate of drug-likeness (QED) is 0.426. The highest BCUT2D eigenvalue weighted by atomic mass is 16.5. The van der Waals surface area contributed by atoms with E-state index in [1.54, 1.807) is 0 Å². The Hall–Kier alpha value is -0.900. The fourth-order valence-corrected chi connectivity index (χ4v) is 3.28. The molecule has 1 saturated heterocycles. The van der Waals surface area contributed by atoms with E-state index in [2.05, 4.69) is 18.7 Å². The van der Waals surface area contributed by atoms with Crippen molar-refractivity contribution in [3.63, 3.8) is 0 Å². The van der Waals surface area contributed by atoms with Crippen LogP contribution in [0.5, 0.6) is 0 Å². The van der Waals surface area contributed by atoms with Gasteiger partial charge in [0.1, 0.15) is 11.9 Å². The zero-order valence-electron chi connectivity index (χ0n) is 15.3. The molecule has 0 unspecified atom stereocenters. The zero-order chi connectivity index (χ0) is 17.1. The summed E-state index contributed by atoms with van der Waals surface area (Å²) in [6.45, 7) is 9.16. The van der Waals surface area contributed by atoms with E-state index >= 15 is 0 Å². The molecule has 0 saturated carbocycles. The van der Waals surface area contributed by atoms with Gasteiger partial charge in [-0.25, -0.2) is 0 Å². The Balaban J connectivity index is 2.28. The van der Waals surface area contributed by atoms with Gasteiger partial charge in [0.2, 0.25) is 0 Å². The molecule has 0 aliphatic carbocycles. The molecule has 4 nitrogen and oxygen atoms in total. The number of likely N-dealkylation sites (tertiary alicyclic amines) is 1. The molecule has 0 N–H and O–H groups in total. The Bertz CT molecular complexity index is 357. The molecule has 0 bridgehead atoms. The number of carbonyl (C=O) groups is 2. The topological polar surface area (TPSA) is 46.6 Å². The summed E-state index contributed by atoms with van der Waals surface area (Å²) in [5.74, 6) is 0.268.